The van der Waals surface area contributed by atoms with Crippen molar-refractivity contribution in [3.63, 3.8) is 0 Å². The van der Waals surface area contributed by atoms with E-state index in [1.165, 1.54) is 24.2 Å². The number of nitrogens with zero attached hydrogens (tertiary/aromatic N) is 1. The molecule has 0 radical (unpaired) electrons. The van der Waals surface area contributed by atoms with E-state index in [9.17, 15) is 4.79 Å². The summed E-state index contributed by atoms with van der Waals surface area (Å²) in [6.07, 6.45) is 4.51. The van der Waals surface area contributed by atoms with Gasteiger partial charge in [-0.2, -0.15) is 0 Å². The number of fused-ring (bicyclic) bond motifs is 2. The van der Waals surface area contributed by atoms with Gasteiger partial charge in [0.05, 0.1) is 0 Å². The molecular formula is C17H20Cl3N3OS. The molecule has 2 N–H and O–H groups in total. The van der Waals surface area contributed by atoms with Gasteiger partial charge in [0.25, 0.3) is 5.91 Å². The maximum atomic E-state index is 12.4. The largest absolute Gasteiger partial charge is 0.348 e. The van der Waals surface area contributed by atoms with Crippen molar-refractivity contribution in [2.24, 2.45) is 0 Å². The van der Waals surface area contributed by atoms with Crippen molar-refractivity contribution < 1.29 is 4.79 Å². The zero-order chi connectivity index (χ0) is 15.8. The summed E-state index contributed by atoms with van der Waals surface area (Å²) in [5, 5.41) is 10.1. The van der Waals surface area contributed by atoms with E-state index in [-0.39, 0.29) is 36.8 Å². The van der Waals surface area contributed by atoms with E-state index in [1.807, 2.05) is 29.6 Å². The van der Waals surface area contributed by atoms with E-state index in [0.717, 1.165) is 23.4 Å². The first-order chi connectivity index (χ1) is 11.2. The number of benzene rings is 1. The Morgan fingerprint density at radius 1 is 1.16 bits per heavy atom. The monoisotopic (exact) mass is 419 g/mol. The van der Waals surface area contributed by atoms with Crippen LogP contribution in [0.25, 0.3) is 10.6 Å². The second-order valence-electron chi connectivity index (χ2n) is 6.32. The predicted octanol–water partition coefficient (Wildman–Crippen LogP) is 4.32. The SMILES string of the molecule is Cl.Cl.O=C(NC1CC2CCC(C1)N2)c1csc(-c2ccc(Cl)cc2)n1. The maximum absolute atomic E-state index is 12.4. The number of halogens is 3. The summed E-state index contributed by atoms with van der Waals surface area (Å²) in [5.41, 5.74) is 1.49. The summed E-state index contributed by atoms with van der Waals surface area (Å²) >= 11 is 7.39. The fourth-order valence-corrected chi connectivity index (χ4v) is 4.47. The quantitative estimate of drug-likeness (QED) is 0.777. The lowest BCUT2D eigenvalue weighted by molar-refractivity contribution is 0.0919. The number of carbonyl (C=O) groups is 1. The highest BCUT2D eigenvalue weighted by molar-refractivity contribution is 7.13. The van der Waals surface area contributed by atoms with Crippen LogP contribution in [0.1, 0.15) is 36.2 Å². The summed E-state index contributed by atoms with van der Waals surface area (Å²) in [4.78, 5) is 16.9. The highest BCUT2D eigenvalue weighted by atomic mass is 35.5. The molecule has 1 aromatic carbocycles. The molecule has 4 rings (SSSR count). The molecule has 0 spiro atoms. The van der Waals surface area contributed by atoms with Crippen LogP contribution in [0.3, 0.4) is 0 Å². The van der Waals surface area contributed by atoms with Crippen LogP contribution in [0.4, 0.5) is 0 Å². The van der Waals surface area contributed by atoms with E-state index in [2.05, 4.69) is 15.6 Å². The minimum absolute atomic E-state index is 0. The lowest BCUT2D eigenvalue weighted by Gasteiger charge is -2.29. The number of rotatable bonds is 3. The van der Waals surface area contributed by atoms with Gasteiger partial charge in [-0.15, -0.1) is 36.2 Å². The van der Waals surface area contributed by atoms with Gasteiger partial charge in [-0.05, 0) is 37.8 Å². The van der Waals surface area contributed by atoms with Crippen LogP contribution in [-0.4, -0.2) is 29.0 Å². The summed E-state index contributed by atoms with van der Waals surface area (Å²) in [5.74, 6) is -0.0623. The van der Waals surface area contributed by atoms with Crippen molar-refractivity contribution in [3.05, 3.63) is 40.4 Å². The van der Waals surface area contributed by atoms with Crippen molar-refractivity contribution in [1.82, 2.24) is 15.6 Å². The first kappa shape index (κ1) is 20.5. The third-order valence-electron chi connectivity index (χ3n) is 4.64. The van der Waals surface area contributed by atoms with Gasteiger partial charge in [0, 0.05) is 34.1 Å². The molecule has 2 bridgehead atoms. The number of carbonyl (C=O) groups excluding carboxylic acids is 1. The van der Waals surface area contributed by atoms with Crippen LogP contribution in [0.15, 0.2) is 29.6 Å². The van der Waals surface area contributed by atoms with Gasteiger partial charge in [-0.25, -0.2) is 4.98 Å². The Labute approximate surface area is 168 Å². The maximum Gasteiger partial charge on any atom is 0.270 e. The van der Waals surface area contributed by atoms with E-state index < -0.39 is 0 Å². The van der Waals surface area contributed by atoms with Crippen LogP contribution < -0.4 is 10.6 Å². The lowest BCUT2D eigenvalue weighted by Crippen LogP contribution is -2.48. The first-order valence-electron chi connectivity index (χ1n) is 7.96. The van der Waals surface area contributed by atoms with Crippen LogP contribution in [0.5, 0.6) is 0 Å². The highest BCUT2D eigenvalue weighted by Crippen LogP contribution is 2.28. The third kappa shape index (κ3) is 4.66. The summed E-state index contributed by atoms with van der Waals surface area (Å²) in [6.45, 7) is 0. The molecule has 2 atom stereocenters. The molecule has 8 heteroatoms. The van der Waals surface area contributed by atoms with Crippen molar-refractivity contribution in [2.45, 2.75) is 43.8 Å². The fourth-order valence-electron chi connectivity index (χ4n) is 3.54. The van der Waals surface area contributed by atoms with Crippen LogP contribution in [0.2, 0.25) is 5.02 Å². The molecule has 2 aromatic rings. The molecule has 2 saturated heterocycles. The molecule has 25 heavy (non-hydrogen) atoms. The van der Waals surface area contributed by atoms with Gasteiger partial charge in [0.15, 0.2) is 0 Å². The Morgan fingerprint density at radius 3 is 2.44 bits per heavy atom. The number of thiazole rings is 1. The van der Waals surface area contributed by atoms with E-state index in [4.69, 9.17) is 11.6 Å². The van der Waals surface area contributed by atoms with Crippen molar-refractivity contribution in [1.29, 1.82) is 0 Å². The Bertz CT molecular complexity index is 710. The number of nitrogens with one attached hydrogen (secondary N) is 2. The third-order valence-corrected chi connectivity index (χ3v) is 5.78. The molecule has 3 heterocycles. The smallest absolute Gasteiger partial charge is 0.270 e. The number of amides is 1. The van der Waals surface area contributed by atoms with Gasteiger partial charge >= 0.3 is 0 Å². The molecule has 0 aliphatic carbocycles. The Hall–Kier alpha value is -0.850. The molecule has 1 aromatic heterocycles. The number of hydrogen-bond acceptors (Lipinski definition) is 4. The van der Waals surface area contributed by atoms with Crippen molar-refractivity contribution in [3.8, 4) is 10.6 Å². The van der Waals surface area contributed by atoms with Gasteiger partial charge in [0.1, 0.15) is 10.7 Å². The van der Waals surface area contributed by atoms with Gasteiger partial charge in [0.2, 0.25) is 0 Å². The number of piperidine rings is 1. The Morgan fingerprint density at radius 2 is 1.80 bits per heavy atom. The van der Waals surface area contributed by atoms with Crippen LogP contribution >= 0.6 is 47.8 Å². The first-order valence-corrected chi connectivity index (χ1v) is 9.21. The van der Waals surface area contributed by atoms with E-state index in [0.29, 0.717) is 22.8 Å². The second-order valence-corrected chi connectivity index (χ2v) is 7.62. The molecule has 2 aliphatic heterocycles. The summed E-state index contributed by atoms with van der Waals surface area (Å²) < 4.78 is 0. The topological polar surface area (TPSA) is 54.0 Å². The Balaban J connectivity index is 0.00000113. The van der Waals surface area contributed by atoms with E-state index >= 15 is 0 Å². The zero-order valence-electron chi connectivity index (χ0n) is 13.4. The van der Waals surface area contributed by atoms with Crippen LogP contribution in [0, 0.1) is 0 Å². The number of hydrogen-bond donors (Lipinski definition) is 2. The molecule has 136 valence electrons. The van der Waals surface area contributed by atoms with Crippen molar-refractivity contribution in [2.75, 3.05) is 0 Å². The zero-order valence-corrected chi connectivity index (χ0v) is 16.6. The molecule has 2 unspecified atom stereocenters. The normalized spacial score (nSPS) is 24.1. The second kappa shape index (κ2) is 8.69. The molecular weight excluding hydrogens is 401 g/mol. The van der Waals surface area contributed by atoms with Crippen LogP contribution in [-0.2, 0) is 0 Å². The summed E-state index contributed by atoms with van der Waals surface area (Å²) in [7, 11) is 0. The Kier molecular flexibility index (Phi) is 7.11. The number of aromatic nitrogens is 1. The standard InChI is InChI=1S/C17H18ClN3OS.2ClH/c18-11-3-1-10(2-4-11)17-21-15(9-23-17)16(22)20-14-7-12-5-6-13(8-14)19-12;;/h1-4,9,12-14,19H,5-8H2,(H,20,22);2*1H. The van der Waals surface area contributed by atoms with Gasteiger partial charge in [-0.3, -0.25) is 4.79 Å². The average Bonchev–Trinajstić information content (AvgIpc) is 3.15. The molecule has 2 aliphatic rings. The lowest BCUT2D eigenvalue weighted by atomic mass is 10.00. The van der Waals surface area contributed by atoms with E-state index in [1.54, 1.807) is 0 Å². The fraction of sp³-hybridized carbons (Fsp3) is 0.412. The summed E-state index contributed by atoms with van der Waals surface area (Å²) in [6, 6.07) is 8.92. The average molecular weight is 421 g/mol. The van der Waals surface area contributed by atoms with Crippen molar-refractivity contribution >= 4 is 53.7 Å². The molecule has 1 amide bonds. The van der Waals surface area contributed by atoms with Gasteiger partial charge in [-0.1, -0.05) is 23.7 Å². The molecule has 2 fully saturated rings. The molecule has 4 nitrogen and oxygen atoms in total. The predicted molar refractivity (Wildman–Crippen MR) is 107 cm³/mol. The highest BCUT2D eigenvalue weighted by Gasteiger charge is 2.34. The minimum Gasteiger partial charge on any atom is -0.348 e. The molecule has 0 saturated carbocycles. The minimum atomic E-state index is -0.0623. The van der Waals surface area contributed by atoms with Gasteiger partial charge < -0.3 is 10.6 Å².